The molecule has 0 aromatic heterocycles. The van der Waals surface area contributed by atoms with E-state index in [4.69, 9.17) is 20.6 Å². The zero-order valence-electron chi connectivity index (χ0n) is 16.3. The van der Waals surface area contributed by atoms with Crippen molar-refractivity contribution < 1.29 is 19.0 Å². The maximum Gasteiger partial charge on any atom is 0.253 e. The summed E-state index contributed by atoms with van der Waals surface area (Å²) < 4.78 is 17.4. The van der Waals surface area contributed by atoms with Gasteiger partial charge in [0.15, 0.2) is 17.6 Å². The summed E-state index contributed by atoms with van der Waals surface area (Å²) in [5, 5.41) is 2.93. The first-order valence-corrected chi connectivity index (χ1v) is 9.87. The van der Waals surface area contributed by atoms with E-state index in [-0.39, 0.29) is 19.1 Å². The number of amides is 1. The summed E-state index contributed by atoms with van der Waals surface area (Å²) in [5.41, 5.74) is 1.78. The molecule has 0 aliphatic heterocycles. The SMILES string of the molecule is C#CCOc1ccc(CCNC(=O)[C@@H](OCC=C)c2ccc(Br)cc2)cc1OC. The molecule has 2 aromatic rings. The van der Waals surface area contributed by atoms with Gasteiger partial charge >= 0.3 is 0 Å². The van der Waals surface area contributed by atoms with Gasteiger partial charge in [0.2, 0.25) is 0 Å². The minimum absolute atomic E-state index is 0.175. The van der Waals surface area contributed by atoms with Gasteiger partial charge in [-0.15, -0.1) is 13.0 Å². The molecular formula is C23H24BrNO4. The summed E-state index contributed by atoms with van der Waals surface area (Å²) >= 11 is 3.40. The average Bonchev–Trinajstić information content (AvgIpc) is 2.74. The summed E-state index contributed by atoms with van der Waals surface area (Å²) in [6.07, 6.45) is 6.77. The van der Waals surface area contributed by atoms with Crippen LogP contribution in [-0.2, 0) is 16.0 Å². The molecule has 0 bridgehead atoms. The van der Waals surface area contributed by atoms with Crippen molar-refractivity contribution in [2.24, 2.45) is 0 Å². The molecule has 0 spiro atoms. The number of carbonyl (C=O) groups is 1. The van der Waals surface area contributed by atoms with E-state index in [9.17, 15) is 4.79 Å². The molecule has 0 saturated carbocycles. The molecule has 0 fully saturated rings. The van der Waals surface area contributed by atoms with Crippen molar-refractivity contribution in [1.82, 2.24) is 5.32 Å². The number of nitrogens with one attached hydrogen (secondary N) is 1. The first-order chi connectivity index (χ1) is 14.1. The molecule has 0 saturated heterocycles. The Morgan fingerprint density at radius 1 is 1.28 bits per heavy atom. The summed E-state index contributed by atoms with van der Waals surface area (Å²) in [4.78, 5) is 12.7. The van der Waals surface area contributed by atoms with Crippen LogP contribution in [0.1, 0.15) is 17.2 Å². The normalized spacial score (nSPS) is 11.2. The van der Waals surface area contributed by atoms with Gasteiger partial charge in [-0.05, 0) is 41.8 Å². The number of halogens is 1. The van der Waals surface area contributed by atoms with Crippen LogP contribution in [0.2, 0.25) is 0 Å². The molecule has 0 heterocycles. The van der Waals surface area contributed by atoms with Crippen LogP contribution in [-0.4, -0.2) is 32.8 Å². The standard InChI is InChI=1S/C23H24BrNO4/c1-4-14-28-20-11-6-17(16-21(20)27-3)12-13-25-23(26)22(29-15-5-2)18-7-9-19(24)10-8-18/h1,5-11,16,22H,2,12-15H2,3H3,(H,25,26)/t22-/m0/s1. The summed E-state index contributed by atoms with van der Waals surface area (Å²) in [5.74, 6) is 3.42. The third kappa shape index (κ3) is 6.97. The van der Waals surface area contributed by atoms with Crippen molar-refractivity contribution in [1.29, 1.82) is 0 Å². The fourth-order valence-corrected chi connectivity index (χ4v) is 2.92. The van der Waals surface area contributed by atoms with Gasteiger partial charge in [-0.2, -0.15) is 0 Å². The molecular weight excluding hydrogens is 434 g/mol. The van der Waals surface area contributed by atoms with Crippen LogP contribution >= 0.6 is 15.9 Å². The Kier molecular flexibility index (Phi) is 9.29. The number of rotatable bonds is 11. The van der Waals surface area contributed by atoms with Gasteiger partial charge in [-0.1, -0.05) is 46.1 Å². The fraction of sp³-hybridized carbons (Fsp3) is 0.261. The molecule has 0 radical (unpaired) electrons. The number of carbonyl (C=O) groups excluding carboxylic acids is 1. The van der Waals surface area contributed by atoms with E-state index in [0.717, 1.165) is 15.6 Å². The molecule has 0 unspecified atom stereocenters. The molecule has 2 aromatic carbocycles. The van der Waals surface area contributed by atoms with E-state index in [1.807, 2.05) is 42.5 Å². The van der Waals surface area contributed by atoms with E-state index in [1.54, 1.807) is 13.2 Å². The summed E-state index contributed by atoms with van der Waals surface area (Å²) in [7, 11) is 1.57. The van der Waals surface area contributed by atoms with E-state index in [0.29, 0.717) is 24.5 Å². The van der Waals surface area contributed by atoms with Gasteiger partial charge in [0.05, 0.1) is 13.7 Å². The number of methoxy groups -OCH3 is 1. The van der Waals surface area contributed by atoms with E-state index in [2.05, 4.69) is 33.7 Å². The van der Waals surface area contributed by atoms with Crippen molar-refractivity contribution in [2.45, 2.75) is 12.5 Å². The number of hydrogen-bond acceptors (Lipinski definition) is 4. The van der Waals surface area contributed by atoms with Gasteiger partial charge in [0.25, 0.3) is 5.91 Å². The average molecular weight is 458 g/mol. The van der Waals surface area contributed by atoms with Gasteiger partial charge < -0.3 is 19.5 Å². The second kappa shape index (κ2) is 11.9. The van der Waals surface area contributed by atoms with E-state index >= 15 is 0 Å². The molecule has 29 heavy (non-hydrogen) atoms. The number of ether oxygens (including phenoxy) is 3. The zero-order valence-corrected chi connectivity index (χ0v) is 17.9. The predicted molar refractivity (Wildman–Crippen MR) is 117 cm³/mol. The van der Waals surface area contributed by atoms with Gasteiger partial charge in [0, 0.05) is 11.0 Å². The van der Waals surface area contributed by atoms with Crippen molar-refractivity contribution in [2.75, 3.05) is 26.9 Å². The van der Waals surface area contributed by atoms with Crippen LogP contribution in [0, 0.1) is 12.3 Å². The lowest BCUT2D eigenvalue weighted by Gasteiger charge is -2.17. The Morgan fingerprint density at radius 3 is 2.69 bits per heavy atom. The quantitative estimate of drug-likeness (QED) is 0.408. The lowest BCUT2D eigenvalue weighted by Crippen LogP contribution is -2.32. The Balaban J connectivity index is 1.98. The van der Waals surface area contributed by atoms with Crippen LogP contribution in [0.15, 0.2) is 59.6 Å². The van der Waals surface area contributed by atoms with Crippen molar-refractivity contribution in [3.8, 4) is 23.8 Å². The van der Waals surface area contributed by atoms with Crippen molar-refractivity contribution in [3.05, 3.63) is 70.7 Å². The third-order valence-electron chi connectivity index (χ3n) is 4.04. The second-order valence-electron chi connectivity index (χ2n) is 6.07. The summed E-state index contributed by atoms with van der Waals surface area (Å²) in [6.45, 7) is 4.56. The van der Waals surface area contributed by atoms with E-state index < -0.39 is 6.10 Å². The molecule has 1 atom stereocenters. The van der Waals surface area contributed by atoms with E-state index in [1.165, 1.54) is 0 Å². The molecule has 6 heteroatoms. The third-order valence-corrected chi connectivity index (χ3v) is 4.57. The number of benzene rings is 2. The van der Waals surface area contributed by atoms with Crippen LogP contribution in [0.3, 0.4) is 0 Å². The maximum absolute atomic E-state index is 12.7. The van der Waals surface area contributed by atoms with Crippen molar-refractivity contribution in [3.63, 3.8) is 0 Å². The topological polar surface area (TPSA) is 56.8 Å². The minimum atomic E-state index is -0.699. The molecule has 0 aliphatic carbocycles. The zero-order chi connectivity index (χ0) is 21.1. The Bertz CT molecular complexity index is 858. The highest BCUT2D eigenvalue weighted by molar-refractivity contribution is 9.10. The molecule has 1 N–H and O–H groups in total. The molecule has 5 nitrogen and oxygen atoms in total. The second-order valence-corrected chi connectivity index (χ2v) is 6.99. The first-order valence-electron chi connectivity index (χ1n) is 9.08. The van der Waals surface area contributed by atoms with Gasteiger partial charge in [-0.3, -0.25) is 4.79 Å². The smallest absolute Gasteiger partial charge is 0.253 e. The lowest BCUT2D eigenvalue weighted by molar-refractivity contribution is -0.132. The Morgan fingerprint density at radius 2 is 2.03 bits per heavy atom. The fourth-order valence-electron chi connectivity index (χ4n) is 2.65. The minimum Gasteiger partial charge on any atom is -0.493 e. The van der Waals surface area contributed by atoms with Gasteiger partial charge in [-0.25, -0.2) is 0 Å². The maximum atomic E-state index is 12.7. The number of terminal acetylenes is 1. The van der Waals surface area contributed by atoms with Crippen molar-refractivity contribution >= 4 is 21.8 Å². The highest BCUT2D eigenvalue weighted by atomic mass is 79.9. The van der Waals surface area contributed by atoms with Gasteiger partial charge in [0.1, 0.15) is 6.61 Å². The first kappa shape index (κ1) is 22.5. The predicted octanol–water partition coefficient (Wildman–Crippen LogP) is 4.07. The molecule has 0 aliphatic rings. The lowest BCUT2D eigenvalue weighted by atomic mass is 10.1. The molecule has 1 amide bonds. The van der Waals surface area contributed by atoms with Crippen LogP contribution in [0.5, 0.6) is 11.5 Å². The molecule has 152 valence electrons. The monoisotopic (exact) mass is 457 g/mol. The Hall–Kier alpha value is -2.75. The molecule has 2 rings (SSSR count). The highest BCUT2D eigenvalue weighted by Gasteiger charge is 2.20. The summed E-state index contributed by atoms with van der Waals surface area (Å²) in [6, 6.07) is 13.1. The Labute approximate surface area is 180 Å². The van der Waals surface area contributed by atoms with Crippen LogP contribution in [0.4, 0.5) is 0 Å². The largest absolute Gasteiger partial charge is 0.493 e. The number of hydrogen-bond donors (Lipinski definition) is 1. The highest BCUT2D eigenvalue weighted by Crippen LogP contribution is 2.28. The van der Waals surface area contributed by atoms with Crippen LogP contribution in [0.25, 0.3) is 0 Å². The van der Waals surface area contributed by atoms with Crippen LogP contribution < -0.4 is 14.8 Å².